The van der Waals surface area contributed by atoms with Gasteiger partial charge in [0.15, 0.2) is 0 Å². The summed E-state index contributed by atoms with van der Waals surface area (Å²) in [5.41, 5.74) is 1.26. The molecule has 1 N–H and O–H groups in total. The normalized spacial score (nSPS) is 12.5. The lowest BCUT2D eigenvalue weighted by Crippen LogP contribution is -2.18. The molecular formula is C15H23NO2S. The first-order valence-corrected chi connectivity index (χ1v) is 7.45. The lowest BCUT2D eigenvalue weighted by molar-refractivity contribution is -0.139. The molecule has 0 amide bonds. The molecule has 0 aliphatic carbocycles. The molecule has 0 saturated heterocycles. The fourth-order valence-electron chi connectivity index (χ4n) is 1.61. The molecule has 1 rings (SSSR count). The van der Waals surface area contributed by atoms with Crippen LogP contribution >= 0.6 is 11.8 Å². The Balaban J connectivity index is 2.45. The van der Waals surface area contributed by atoms with Gasteiger partial charge in [-0.25, -0.2) is 0 Å². The molecule has 4 heteroatoms. The van der Waals surface area contributed by atoms with Crippen molar-refractivity contribution in [3.63, 3.8) is 0 Å². The Hall–Kier alpha value is -1.00. The summed E-state index contributed by atoms with van der Waals surface area (Å²) in [6.45, 7) is 8.15. The largest absolute Gasteiger partial charge is 0.468 e. The summed E-state index contributed by atoms with van der Waals surface area (Å²) in [5.74, 6) is 0.475. The van der Waals surface area contributed by atoms with Crippen LogP contribution in [0.4, 0.5) is 0 Å². The number of carbonyl (C=O) groups is 1. The zero-order valence-corrected chi connectivity index (χ0v) is 12.9. The molecule has 1 unspecified atom stereocenters. The van der Waals surface area contributed by atoms with E-state index in [0.717, 1.165) is 18.0 Å². The predicted octanol–water partition coefficient (Wildman–Crippen LogP) is 3.09. The Morgan fingerprint density at radius 1 is 1.26 bits per heavy atom. The first kappa shape index (κ1) is 16.1. The summed E-state index contributed by atoms with van der Waals surface area (Å²) in [5, 5.41) is 3.24. The van der Waals surface area contributed by atoms with Crippen LogP contribution in [0.5, 0.6) is 0 Å². The highest BCUT2D eigenvalue weighted by atomic mass is 32.2. The topological polar surface area (TPSA) is 38.3 Å². The van der Waals surface area contributed by atoms with Crippen LogP contribution in [0, 0.1) is 5.92 Å². The number of thioether (sulfide) groups is 1. The van der Waals surface area contributed by atoms with Gasteiger partial charge >= 0.3 is 5.97 Å². The number of ether oxygens (including phenoxy) is 1. The standard InChI is InChI=1S/C15H23NO2S/c1-11(2)9-16-10-13-5-7-14(8-6-13)19-12(3)15(17)18-4/h5-8,11-12,16H,9-10H2,1-4H3. The summed E-state index contributed by atoms with van der Waals surface area (Å²) >= 11 is 1.52. The van der Waals surface area contributed by atoms with Crippen LogP contribution in [0.2, 0.25) is 0 Å². The van der Waals surface area contributed by atoms with Gasteiger partial charge in [0.1, 0.15) is 5.25 Å². The van der Waals surface area contributed by atoms with Crippen molar-refractivity contribution < 1.29 is 9.53 Å². The van der Waals surface area contributed by atoms with Crippen molar-refractivity contribution in [2.75, 3.05) is 13.7 Å². The molecule has 1 aromatic carbocycles. The highest BCUT2D eigenvalue weighted by molar-refractivity contribution is 8.00. The lowest BCUT2D eigenvalue weighted by atomic mass is 10.2. The number of rotatable bonds is 7. The van der Waals surface area contributed by atoms with Crippen molar-refractivity contribution >= 4 is 17.7 Å². The first-order valence-electron chi connectivity index (χ1n) is 6.57. The molecule has 1 aromatic rings. The molecule has 0 saturated carbocycles. The Bertz CT molecular complexity index is 390. The van der Waals surface area contributed by atoms with Crippen molar-refractivity contribution in [2.45, 2.75) is 37.5 Å². The van der Waals surface area contributed by atoms with E-state index in [1.165, 1.54) is 24.4 Å². The van der Waals surface area contributed by atoms with E-state index in [9.17, 15) is 4.79 Å². The summed E-state index contributed by atoms with van der Waals surface area (Å²) < 4.78 is 4.71. The van der Waals surface area contributed by atoms with Gasteiger partial charge in [0, 0.05) is 11.4 Å². The van der Waals surface area contributed by atoms with E-state index in [-0.39, 0.29) is 11.2 Å². The van der Waals surface area contributed by atoms with Crippen molar-refractivity contribution in [2.24, 2.45) is 5.92 Å². The van der Waals surface area contributed by atoms with E-state index in [1.54, 1.807) is 0 Å². The van der Waals surface area contributed by atoms with E-state index in [1.807, 2.05) is 6.92 Å². The van der Waals surface area contributed by atoms with Crippen molar-refractivity contribution in [1.29, 1.82) is 0 Å². The monoisotopic (exact) mass is 281 g/mol. The van der Waals surface area contributed by atoms with Crippen LogP contribution in [0.3, 0.4) is 0 Å². The molecule has 19 heavy (non-hydrogen) atoms. The number of hydrogen-bond donors (Lipinski definition) is 1. The maximum Gasteiger partial charge on any atom is 0.318 e. The van der Waals surface area contributed by atoms with Crippen LogP contribution in [0.25, 0.3) is 0 Å². The highest BCUT2D eigenvalue weighted by Gasteiger charge is 2.14. The van der Waals surface area contributed by atoms with E-state index < -0.39 is 0 Å². The molecule has 0 radical (unpaired) electrons. The Labute approximate surface area is 120 Å². The summed E-state index contributed by atoms with van der Waals surface area (Å²) in [4.78, 5) is 12.4. The van der Waals surface area contributed by atoms with Gasteiger partial charge in [-0.05, 0) is 37.1 Å². The van der Waals surface area contributed by atoms with Gasteiger partial charge < -0.3 is 10.1 Å². The maximum absolute atomic E-state index is 11.3. The Morgan fingerprint density at radius 3 is 2.42 bits per heavy atom. The van der Waals surface area contributed by atoms with Crippen molar-refractivity contribution in [3.8, 4) is 0 Å². The molecular weight excluding hydrogens is 258 g/mol. The molecule has 0 heterocycles. The van der Waals surface area contributed by atoms with Crippen LogP contribution in [0.1, 0.15) is 26.3 Å². The maximum atomic E-state index is 11.3. The predicted molar refractivity (Wildman–Crippen MR) is 80.3 cm³/mol. The molecule has 0 aromatic heterocycles. The average Bonchev–Trinajstić information content (AvgIpc) is 2.39. The van der Waals surface area contributed by atoms with E-state index >= 15 is 0 Å². The van der Waals surface area contributed by atoms with Crippen LogP contribution in [-0.2, 0) is 16.1 Å². The van der Waals surface area contributed by atoms with Gasteiger partial charge in [-0.15, -0.1) is 11.8 Å². The zero-order chi connectivity index (χ0) is 14.3. The molecule has 0 spiro atoms. The van der Waals surface area contributed by atoms with Gasteiger partial charge in [0.25, 0.3) is 0 Å². The lowest BCUT2D eigenvalue weighted by Gasteiger charge is -2.10. The molecule has 0 aliphatic rings. The molecule has 106 valence electrons. The minimum Gasteiger partial charge on any atom is -0.468 e. The minimum atomic E-state index is -0.187. The summed E-state index contributed by atoms with van der Waals surface area (Å²) in [7, 11) is 1.42. The number of nitrogens with one attached hydrogen (secondary N) is 1. The highest BCUT2D eigenvalue weighted by Crippen LogP contribution is 2.24. The second-order valence-corrected chi connectivity index (χ2v) is 6.37. The van der Waals surface area contributed by atoms with Crippen molar-refractivity contribution in [3.05, 3.63) is 29.8 Å². The molecule has 0 fully saturated rings. The number of hydrogen-bond acceptors (Lipinski definition) is 4. The van der Waals surface area contributed by atoms with E-state index in [0.29, 0.717) is 5.92 Å². The quantitative estimate of drug-likeness (QED) is 0.616. The third kappa shape index (κ3) is 6.12. The smallest absolute Gasteiger partial charge is 0.318 e. The minimum absolute atomic E-state index is 0.171. The first-order chi connectivity index (χ1) is 9.02. The number of esters is 1. The Kier molecular flexibility index (Phi) is 6.95. The number of benzene rings is 1. The molecule has 3 nitrogen and oxygen atoms in total. The Morgan fingerprint density at radius 2 is 1.89 bits per heavy atom. The van der Waals surface area contributed by atoms with Crippen LogP contribution < -0.4 is 5.32 Å². The van der Waals surface area contributed by atoms with Gasteiger partial charge in [0.05, 0.1) is 7.11 Å². The average molecular weight is 281 g/mol. The second kappa shape index (κ2) is 8.23. The summed E-state index contributed by atoms with van der Waals surface area (Å²) in [6.07, 6.45) is 0. The third-order valence-electron chi connectivity index (χ3n) is 2.65. The SMILES string of the molecule is COC(=O)C(C)Sc1ccc(CNCC(C)C)cc1. The fourth-order valence-corrected chi connectivity index (χ4v) is 2.50. The van der Waals surface area contributed by atoms with Crippen LogP contribution in [0.15, 0.2) is 29.2 Å². The van der Waals surface area contributed by atoms with Gasteiger partial charge in [-0.2, -0.15) is 0 Å². The van der Waals surface area contributed by atoms with E-state index in [2.05, 4.69) is 43.4 Å². The second-order valence-electron chi connectivity index (χ2n) is 4.95. The van der Waals surface area contributed by atoms with Gasteiger partial charge in [-0.3, -0.25) is 4.79 Å². The molecule has 1 atom stereocenters. The molecule has 0 bridgehead atoms. The zero-order valence-electron chi connectivity index (χ0n) is 12.1. The van der Waals surface area contributed by atoms with E-state index in [4.69, 9.17) is 4.74 Å². The molecule has 0 aliphatic heterocycles. The summed E-state index contributed by atoms with van der Waals surface area (Å²) in [6, 6.07) is 8.30. The third-order valence-corrected chi connectivity index (χ3v) is 3.74. The number of methoxy groups -OCH3 is 1. The fraction of sp³-hybridized carbons (Fsp3) is 0.533. The van der Waals surface area contributed by atoms with Crippen molar-refractivity contribution in [1.82, 2.24) is 5.32 Å². The van der Waals surface area contributed by atoms with Gasteiger partial charge in [-0.1, -0.05) is 26.0 Å². The van der Waals surface area contributed by atoms with Gasteiger partial charge in [0.2, 0.25) is 0 Å². The number of carbonyl (C=O) groups excluding carboxylic acids is 1. The van der Waals surface area contributed by atoms with Crippen LogP contribution in [-0.4, -0.2) is 24.9 Å².